The van der Waals surface area contributed by atoms with Crippen molar-refractivity contribution in [2.45, 2.75) is 96.3 Å². The van der Waals surface area contributed by atoms with Gasteiger partial charge in [-0.3, -0.25) is 0 Å². The van der Waals surface area contributed by atoms with Crippen molar-refractivity contribution in [1.82, 2.24) is 0 Å². The summed E-state index contributed by atoms with van der Waals surface area (Å²) in [5, 5.41) is 8.81. The molecule has 0 aliphatic heterocycles. The first-order valence-corrected chi connectivity index (χ1v) is 11.6. The highest BCUT2D eigenvalue weighted by Gasteiger charge is 2.18. The third-order valence-corrected chi connectivity index (χ3v) is 7.38. The van der Waals surface area contributed by atoms with Crippen molar-refractivity contribution in [2.24, 2.45) is 0 Å². The molecule has 18 heavy (non-hydrogen) atoms. The summed E-state index contributed by atoms with van der Waals surface area (Å²) in [7, 11) is -0.933. The summed E-state index contributed by atoms with van der Waals surface area (Å²) >= 11 is 0. The van der Waals surface area contributed by atoms with E-state index in [0.717, 1.165) is 6.42 Å². The molecule has 0 saturated heterocycles. The summed E-state index contributed by atoms with van der Waals surface area (Å²) in [6.07, 6.45) is 13.7. The first-order valence-electron chi connectivity index (χ1n) is 8.23. The molecule has 0 radical (unpaired) electrons. The van der Waals surface area contributed by atoms with Crippen LogP contribution in [-0.4, -0.2) is 19.8 Å². The van der Waals surface area contributed by atoms with Crippen molar-refractivity contribution < 1.29 is 5.11 Å². The standard InChI is InChI=1S/C16H36OSi/c1-4-5-6-7-8-9-10-12-15-18(2,3)16-13-11-14-17/h17H,4-16H2,1-3H3. The molecule has 0 aromatic carbocycles. The zero-order valence-electron chi connectivity index (χ0n) is 13.1. The number of hydrogen-bond donors (Lipinski definition) is 1. The second-order valence-corrected chi connectivity index (χ2v) is 11.9. The predicted octanol–water partition coefficient (Wildman–Crippen LogP) is 5.61. The molecule has 0 spiro atoms. The molecule has 0 rings (SSSR count). The molecular weight excluding hydrogens is 236 g/mol. The Labute approximate surface area is 116 Å². The molecule has 110 valence electrons. The van der Waals surface area contributed by atoms with Crippen molar-refractivity contribution >= 4 is 8.07 Å². The molecule has 0 bridgehead atoms. The van der Waals surface area contributed by atoms with E-state index in [-0.39, 0.29) is 0 Å². The van der Waals surface area contributed by atoms with E-state index in [1.807, 2.05) is 0 Å². The number of rotatable bonds is 13. The third-order valence-electron chi connectivity index (χ3n) is 3.97. The molecule has 0 amide bonds. The molecule has 0 aromatic rings. The smallest absolute Gasteiger partial charge is 0.0473 e. The number of unbranched alkanes of at least 4 members (excludes halogenated alkanes) is 8. The maximum Gasteiger partial charge on any atom is 0.0473 e. The molecule has 1 nitrogen and oxygen atoms in total. The van der Waals surface area contributed by atoms with Gasteiger partial charge >= 0.3 is 0 Å². The minimum atomic E-state index is -0.933. The van der Waals surface area contributed by atoms with Crippen LogP contribution in [0.4, 0.5) is 0 Å². The molecule has 2 heteroatoms. The molecule has 0 saturated carbocycles. The molecular formula is C16H36OSi. The Morgan fingerprint density at radius 1 is 0.667 bits per heavy atom. The van der Waals surface area contributed by atoms with Crippen LogP contribution in [0, 0.1) is 0 Å². The van der Waals surface area contributed by atoms with Gasteiger partial charge in [0.15, 0.2) is 0 Å². The Morgan fingerprint density at radius 3 is 1.61 bits per heavy atom. The summed E-state index contributed by atoms with van der Waals surface area (Å²) in [6.45, 7) is 7.70. The average molecular weight is 273 g/mol. The van der Waals surface area contributed by atoms with Crippen LogP contribution >= 0.6 is 0 Å². The van der Waals surface area contributed by atoms with Gasteiger partial charge < -0.3 is 5.11 Å². The molecule has 0 heterocycles. The minimum absolute atomic E-state index is 0.377. The lowest BCUT2D eigenvalue weighted by Crippen LogP contribution is -2.24. The van der Waals surface area contributed by atoms with Gasteiger partial charge in [-0.25, -0.2) is 0 Å². The van der Waals surface area contributed by atoms with Gasteiger partial charge in [-0.1, -0.05) is 89.9 Å². The van der Waals surface area contributed by atoms with Crippen LogP contribution < -0.4 is 0 Å². The first kappa shape index (κ1) is 18.2. The van der Waals surface area contributed by atoms with Crippen LogP contribution in [-0.2, 0) is 0 Å². The van der Waals surface area contributed by atoms with Crippen molar-refractivity contribution in [3.05, 3.63) is 0 Å². The highest BCUT2D eigenvalue weighted by atomic mass is 28.3. The fourth-order valence-corrected chi connectivity index (χ4v) is 5.24. The van der Waals surface area contributed by atoms with E-state index >= 15 is 0 Å². The molecule has 1 N–H and O–H groups in total. The lowest BCUT2D eigenvalue weighted by atomic mass is 10.1. The molecule has 0 aromatic heterocycles. The van der Waals surface area contributed by atoms with Gasteiger partial charge in [-0.15, -0.1) is 0 Å². The van der Waals surface area contributed by atoms with Crippen molar-refractivity contribution in [2.75, 3.05) is 6.61 Å². The van der Waals surface area contributed by atoms with Crippen molar-refractivity contribution in [3.63, 3.8) is 0 Å². The summed E-state index contributed by atoms with van der Waals surface area (Å²) in [6, 6.07) is 2.90. The fraction of sp³-hybridized carbons (Fsp3) is 1.00. The van der Waals surface area contributed by atoms with E-state index in [0.29, 0.717) is 6.61 Å². The van der Waals surface area contributed by atoms with Crippen molar-refractivity contribution in [1.29, 1.82) is 0 Å². The van der Waals surface area contributed by atoms with Gasteiger partial charge in [0.1, 0.15) is 0 Å². The molecule has 0 aliphatic carbocycles. The highest BCUT2D eigenvalue weighted by Crippen LogP contribution is 2.22. The molecule has 0 fully saturated rings. The number of aliphatic hydroxyl groups is 1. The molecule has 0 atom stereocenters. The Bertz CT molecular complexity index is 168. The maximum absolute atomic E-state index is 8.81. The summed E-state index contributed by atoms with van der Waals surface area (Å²) in [5.41, 5.74) is 0. The van der Waals surface area contributed by atoms with E-state index in [4.69, 9.17) is 5.11 Å². The van der Waals surface area contributed by atoms with Gasteiger partial charge in [0, 0.05) is 14.7 Å². The quantitative estimate of drug-likeness (QED) is 0.341. The summed E-state index contributed by atoms with van der Waals surface area (Å²) < 4.78 is 0. The normalized spacial score (nSPS) is 12.0. The number of aliphatic hydroxyl groups excluding tert-OH is 1. The van der Waals surface area contributed by atoms with E-state index in [1.165, 1.54) is 69.9 Å². The van der Waals surface area contributed by atoms with Crippen molar-refractivity contribution in [3.8, 4) is 0 Å². The monoisotopic (exact) mass is 272 g/mol. The lowest BCUT2D eigenvalue weighted by molar-refractivity contribution is 0.287. The van der Waals surface area contributed by atoms with Gasteiger partial charge in [0.05, 0.1) is 0 Å². The molecule has 0 aliphatic rings. The number of hydrogen-bond acceptors (Lipinski definition) is 1. The van der Waals surface area contributed by atoms with E-state index in [2.05, 4.69) is 20.0 Å². The predicted molar refractivity (Wildman–Crippen MR) is 86.0 cm³/mol. The van der Waals surface area contributed by atoms with Crippen LogP contribution in [0.1, 0.15) is 71.1 Å². The van der Waals surface area contributed by atoms with Crippen LogP contribution in [0.15, 0.2) is 0 Å². The summed E-state index contributed by atoms with van der Waals surface area (Å²) in [4.78, 5) is 0. The first-order chi connectivity index (χ1) is 8.62. The van der Waals surface area contributed by atoms with Gasteiger partial charge in [0.25, 0.3) is 0 Å². The fourth-order valence-electron chi connectivity index (χ4n) is 2.58. The Balaban J connectivity index is 3.30. The highest BCUT2D eigenvalue weighted by molar-refractivity contribution is 6.77. The van der Waals surface area contributed by atoms with Gasteiger partial charge in [-0.05, 0) is 6.42 Å². The lowest BCUT2D eigenvalue weighted by Gasteiger charge is -2.22. The second kappa shape index (κ2) is 12.2. The van der Waals surface area contributed by atoms with Crippen LogP contribution in [0.5, 0.6) is 0 Å². The largest absolute Gasteiger partial charge is 0.396 e. The van der Waals surface area contributed by atoms with Gasteiger partial charge in [0.2, 0.25) is 0 Å². The van der Waals surface area contributed by atoms with Crippen LogP contribution in [0.3, 0.4) is 0 Å². The summed E-state index contributed by atoms with van der Waals surface area (Å²) in [5.74, 6) is 0. The van der Waals surface area contributed by atoms with E-state index in [9.17, 15) is 0 Å². The van der Waals surface area contributed by atoms with E-state index < -0.39 is 8.07 Å². The van der Waals surface area contributed by atoms with Crippen LogP contribution in [0.2, 0.25) is 25.2 Å². The Kier molecular flexibility index (Phi) is 12.3. The zero-order chi connectivity index (χ0) is 13.7. The topological polar surface area (TPSA) is 20.2 Å². The molecule has 0 unspecified atom stereocenters. The average Bonchev–Trinajstić information content (AvgIpc) is 2.33. The Hall–Kier alpha value is 0.177. The SMILES string of the molecule is CCCCCCCCCC[Si](C)(C)CCCCO. The maximum atomic E-state index is 8.81. The zero-order valence-corrected chi connectivity index (χ0v) is 14.1. The Morgan fingerprint density at radius 2 is 1.11 bits per heavy atom. The van der Waals surface area contributed by atoms with Crippen LogP contribution in [0.25, 0.3) is 0 Å². The van der Waals surface area contributed by atoms with E-state index in [1.54, 1.807) is 0 Å². The second-order valence-electron chi connectivity index (χ2n) is 6.57. The van der Waals surface area contributed by atoms with Gasteiger partial charge in [-0.2, -0.15) is 0 Å². The minimum Gasteiger partial charge on any atom is -0.396 e. The third kappa shape index (κ3) is 12.6.